The van der Waals surface area contributed by atoms with Crippen LogP contribution >= 0.6 is 7.82 Å². The van der Waals surface area contributed by atoms with Crippen LogP contribution < -0.4 is 0 Å². The molecule has 0 aliphatic heterocycles. The molecule has 2 atom stereocenters. The molecule has 0 radical (unpaired) electrons. The molecular formula is C34H69NO7P+. The lowest BCUT2D eigenvalue weighted by Crippen LogP contribution is -2.37. The molecule has 9 heteroatoms. The zero-order valence-electron chi connectivity index (χ0n) is 28.7. The first-order valence-corrected chi connectivity index (χ1v) is 18.9. The van der Waals surface area contributed by atoms with Crippen LogP contribution in [0.15, 0.2) is 12.2 Å². The van der Waals surface area contributed by atoms with Crippen LogP contribution in [0.25, 0.3) is 0 Å². The second kappa shape index (κ2) is 28.7. The number of allylic oxidation sites excluding steroid dienone is 2. The maximum atomic E-state index is 12.5. The molecule has 0 fully saturated rings. The van der Waals surface area contributed by atoms with Gasteiger partial charge in [-0.15, -0.1) is 0 Å². The number of ether oxygens (including phenoxy) is 2. The number of carbonyl (C=O) groups excluding carboxylic acids is 1. The third-order valence-corrected chi connectivity index (χ3v) is 8.31. The van der Waals surface area contributed by atoms with Gasteiger partial charge >= 0.3 is 13.8 Å². The van der Waals surface area contributed by atoms with Crippen molar-refractivity contribution in [1.29, 1.82) is 0 Å². The van der Waals surface area contributed by atoms with E-state index in [1.54, 1.807) is 0 Å². The predicted octanol–water partition coefficient (Wildman–Crippen LogP) is 9.15. The maximum Gasteiger partial charge on any atom is 0.472 e. The van der Waals surface area contributed by atoms with E-state index < -0.39 is 13.9 Å². The Balaban J connectivity index is 4.34. The van der Waals surface area contributed by atoms with Gasteiger partial charge in [-0.2, -0.15) is 0 Å². The van der Waals surface area contributed by atoms with Crippen LogP contribution in [-0.2, 0) is 27.9 Å². The average Bonchev–Trinajstić information content (AvgIpc) is 2.94. The van der Waals surface area contributed by atoms with Gasteiger partial charge in [0.15, 0.2) is 0 Å². The molecule has 2 unspecified atom stereocenters. The van der Waals surface area contributed by atoms with E-state index in [4.69, 9.17) is 18.5 Å². The third kappa shape index (κ3) is 32.4. The first-order chi connectivity index (χ1) is 20.6. The molecule has 0 aliphatic rings. The number of carbonyl (C=O) groups is 1. The van der Waals surface area contributed by atoms with Crippen molar-refractivity contribution in [2.24, 2.45) is 0 Å². The van der Waals surface area contributed by atoms with E-state index in [1.165, 1.54) is 89.9 Å². The number of unbranched alkanes of at least 4 members (excludes halogenated alkanes) is 16. The van der Waals surface area contributed by atoms with Crippen molar-refractivity contribution in [2.75, 3.05) is 54.1 Å². The van der Waals surface area contributed by atoms with E-state index in [-0.39, 0.29) is 25.8 Å². The molecule has 0 aromatic heterocycles. The highest BCUT2D eigenvalue weighted by atomic mass is 31.2. The maximum absolute atomic E-state index is 12.5. The summed E-state index contributed by atoms with van der Waals surface area (Å²) in [4.78, 5) is 22.6. The highest BCUT2D eigenvalue weighted by Crippen LogP contribution is 2.43. The average molecular weight is 635 g/mol. The van der Waals surface area contributed by atoms with Gasteiger partial charge in [0.2, 0.25) is 0 Å². The molecule has 0 spiro atoms. The van der Waals surface area contributed by atoms with Crippen LogP contribution in [0.2, 0.25) is 0 Å². The highest BCUT2D eigenvalue weighted by molar-refractivity contribution is 7.47. The molecule has 1 N–H and O–H groups in total. The minimum absolute atomic E-state index is 0.0898. The molecule has 0 rings (SSSR count). The van der Waals surface area contributed by atoms with Gasteiger partial charge in [0, 0.05) is 13.0 Å². The normalized spacial score (nSPS) is 14.3. The lowest BCUT2D eigenvalue weighted by molar-refractivity contribution is -0.870. The lowest BCUT2D eigenvalue weighted by Gasteiger charge is -2.24. The number of quaternary nitrogens is 1. The monoisotopic (exact) mass is 634 g/mol. The first kappa shape index (κ1) is 42.2. The molecule has 0 heterocycles. The third-order valence-electron chi connectivity index (χ3n) is 7.33. The van der Waals surface area contributed by atoms with Crippen LogP contribution in [0.3, 0.4) is 0 Å². The second-order valence-electron chi connectivity index (χ2n) is 12.9. The van der Waals surface area contributed by atoms with Crippen LogP contribution in [0.4, 0.5) is 0 Å². The minimum Gasteiger partial charge on any atom is -0.457 e. The SMILES string of the molecule is CCCC/C=C\CCCCCCCCOCC(COP(=O)(O)OCC[N+](C)(C)C)OC(=O)CCCCCCCCCCC. The van der Waals surface area contributed by atoms with Crippen LogP contribution in [0.5, 0.6) is 0 Å². The van der Waals surface area contributed by atoms with E-state index in [1.807, 2.05) is 21.1 Å². The fraction of sp³-hybridized carbons (Fsp3) is 0.912. The largest absolute Gasteiger partial charge is 0.472 e. The van der Waals surface area contributed by atoms with Crippen molar-refractivity contribution in [3.8, 4) is 0 Å². The Morgan fingerprint density at radius 3 is 1.84 bits per heavy atom. The molecule has 0 amide bonds. The molecule has 0 saturated carbocycles. The summed E-state index contributed by atoms with van der Waals surface area (Å²) >= 11 is 0. The zero-order chi connectivity index (χ0) is 32.1. The standard InChI is InChI=1S/C34H68NO7P/c1-6-8-10-12-14-16-17-18-20-22-24-26-29-39-31-33(32-41-43(37,38)40-30-28-35(3,4)5)42-34(36)27-25-23-21-19-15-13-11-9-7-2/h12,14,33H,6-11,13,15-32H2,1-5H3/p+1/b14-12-. The Hall–Kier alpha value is -0.760. The quantitative estimate of drug-likeness (QED) is 0.0259. The van der Waals surface area contributed by atoms with Crippen LogP contribution in [-0.4, -0.2) is 75.6 Å². The summed E-state index contributed by atoms with van der Waals surface area (Å²) in [6.07, 6.45) is 26.6. The van der Waals surface area contributed by atoms with E-state index in [9.17, 15) is 14.3 Å². The van der Waals surface area contributed by atoms with Gasteiger partial charge in [0.05, 0.1) is 34.4 Å². The van der Waals surface area contributed by atoms with Gasteiger partial charge in [-0.1, -0.05) is 116 Å². The van der Waals surface area contributed by atoms with Gasteiger partial charge in [-0.25, -0.2) is 4.57 Å². The summed E-state index contributed by atoms with van der Waals surface area (Å²) in [6.45, 7) is 5.55. The summed E-state index contributed by atoms with van der Waals surface area (Å²) in [5, 5.41) is 0. The van der Waals surface area contributed by atoms with E-state index >= 15 is 0 Å². The van der Waals surface area contributed by atoms with Crippen molar-refractivity contribution in [3.63, 3.8) is 0 Å². The number of esters is 1. The Labute approximate surface area is 265 Å². The Morgan fingerprint density at radius 2 is 1.23 bits per heavy atom. The topological polar surface area (TPSA) is 91.3 Å². The van der Waals surface area contributed by atoms with Crippen molar-refractivity contribution in [3.05, 3.63) is 12.2 Å². The van der Waals surface area contributed by atoms with Gasteiger partial charge in [-0.05, 0) is 32.1 Å². The molecule has 256 valence electrons. The molecule has 0 bridgehead atoms. The number of nitrogens with zero attached hydrogens (tertiary/aromatic N) is 1. The molecule has 43 heavy (non-hydrogen) atoms. The number of hydrogen-bond acceptors (Lipinski definition) is 6. The van der Waals surface area contributed by atoms with Crippen molar-refractivity contribution in [2.45, 2.75) is 148 Å². The molecule has 0 aromatic rings. The van der Waals surface area contributed by atoms with Crippen LogP contribution in [0.1, 0.15) is 142 Å². The van der Waals surface area contributed by atoms with Crippen molar-refractivity contribution in [1.82, 2.24) is 0 Å². The number of phosphoric ester groups is 1. The van der Waals surface area contributed by atoms with E-state index in [0.29, 0.717) is 24.1 Å². The molecule has 8 nitrogen and oxygen atoms in total. The molecule has 0 aliphatic carbocycles. The van der Waals surface area contributed by atoms with E-state index in [0.717, 1.165) is 32.1 Å². The van der Waals surface area contributed by atoms with Gasteiger partial charge < -0.3 is 18.9 Å². The summed E-state index contributed by atoms with van der Waals surface area (Å²) in [5.41, 5.74) is 0. The Bertz CT molecular complexity index is 711. The first-order valence-electron chi connectivity index (χ1n) is 17.4. The van der Waals surface area contributed by atoms with Gasteiger partial charge in [0.1, 0.15) is 19.3 Å². The lowest BCUT2D eigenvalue weighted by atomic mass is 10.1. The van der Waals surface area contributed by atoms with Gasteiger partial charge in [-0.3, -0.25) is 13.8 Å². The number of hydrogen-bond donors (Lipinski definition) is 1. The number of rotatable bonds is 32. The van der Waals surface area contributed by atoms with E-state index in [2.05, 4.69) is 26.0 Å². The summed E-state index contributed by atoms with van der Waals surface area (Å²) in [5.74, 6) is -0.320. The summed E-state index contributed by atoms with van der Waals surface area (Å²) < 4.78 is 34.7. The fourth-order valence-corrected chi connectivity index (χ4v) is 5.27. The molecule has 0 aromatic carbocycles. The van der Waals surface area contributed by atoms with Gasteiger partial charge in [0.25, 0.3) is 0 Å². The summed E-state index contributed by atoms with van der Waals surface area (Å²) in [7, 11) is 1.67. The summed E-state index contributed by atoms with van der Waals surface area (Å²) in [6, 6.07) is 0. The highest BCUT2D eigenvalue weighted by Gasteiger charge is 2.26. The van der Waals surface area contributed by atoms with Crippen LogP contribution in [0, 0.1) is 0 Å². The Kier molecular flexibility index (Phi) is 28.2. The predicted molar refractivity (Wildman–Crippen MR) is 178 cm³/mol. The zero-order valence-corrected chi connectivity index (χ0v) is 29.6. The smallest absolute Gasteiger partial charge is 0.457 e. The van der Waals surface area contributed by atoms with Crippen molar-refractivity contribution >= 4 is 13.8 Å². The fourth-order valence-electron chi connectivity index (χ4n) is 4.53. The minimum atomic E-state index is -4.25. The Morgan fingerprint density at radius 1 is 0.698 bits per heavy atom. The van der Waals surface area contributed by atoms with Crippen molar-refractivity contribution < 1.29 is 37.3 Å². The second-order valence-corrected chi connectivity index (χ2v) is 14.4. The molecular weight excluding hydrogens is 565 g/mol. The number of likely N-dealkylation sites (N-methyl/N-ethyl adjacent to an activating group) is 1. The number of phosphoric acid groups is 1. The molecule has 0 saturated heterocycles.